The Labute approximate surface area is 118 Å². The van der Waals surface area contributed by atoms with E-state index in [1.54, 1.807) is 0 Å². The van der Waals surface area contributed by atoms with Gasteiger partial charge in [0, 0.05) is 12.0 Å². The highest BCUT2D eigenvalue weighted by Crippen LogP contribution is 2.20. The number of hydrogen-bond donors (Lipinski definition) is 2. The third-order valence-corrected chi connectivity index (χ3v) is 4.01. The summed E-state index contributed by atoms with van der Waals surface area (Å²) in [5.74, 6) is 1.79. The maximum atomic E-state index is 9.16. The Balaban J connectivity index is 1.75. The van der Waals surface area contributed by atoms with Crippen molar-refractivity contribution in [3.05, 3.63) is 30.1 Å². The van der Waals surface area contributed by atoms with Crippen molar-refractivity contribution < 1.29 is 5.11 Å². The van der Waals surface area contributed by atoms with Crippen molar-refractivity contribution in [2.45, 2.75) is 19.4 Å². The highest BCUT2D eigenvalue weighted by molar-refractivity contribution is 5.87. The highest BCUT2D eigenvalue weighted by atomic mass is 16.3. The third kappa shape index (κ3) is 2.73. The molecule has 0 radical (unpaired) electrons. The smallest absolute Gasteiger partial charge is 0.145 e. The first-order chi connectivity index (χ1) is 9.76. The van der Waals surface area contributed by atoms with E-state index in [1.807, 2.05) is 24.3 Å². The van der Waals surface area contributed by atoms with Gasteiger partial charge in [0.15, 0.2) is 0 Å². The van der Waals surface area contributed by atoms with Gasteiger partial charge in [0.05, 0.1) is 12.1 Å². The molecule has 0 spiro atoms. The van der Waals surface area contributed by atoms with E-state index in [2.05, 4.69) is 14.9 Å². The van der Waals surface area contributed by atoms with Gasteiger partial charge < -0.3 is 10.8 Å². The van der Waals surface area contributed by atoms with Gasteiger partial charge in [0.25, 0.3) is 0 Å². The second-order valence-corrected chi connectivity index (χ2v) is 5.44. The zero-order valence-electron chi connectivity index (χ0n) is 11.5. The highest BCUT2D eigenvalue weighted by Gasteiger charge is 2.19. The number of aliphatic hydroxyl groups excluding tert-OH is 1. The fourth-order valence-electron chi connectivity index (χ4n) is 2.75. The first-order valence-corrected chi connectivity index (χ1v) is 7.10. The molecule has 0 atom stereocenters. The Bertz CT molecular complexity index is 593. The predicted octanol–water partition coefficient (Wildman–Crippen LogP) is 1.42. The van der Waals surface area contributed by atoms with Crippen LogP contribution in [0.25, 0.3) is 10.9 Å². The fraction of sp³-hybridized carbons (Fsp3) is 0.467. The quantitative estimate of drug-likeness (QED) is 0.883. The lowest BCUT2D eigenvalue weighted by atomic mass is 9.98. The van der Waals surface area contributed by atoms with E-state index in [0.717, 1.165) is 49.2 Å². The standard InChI is InChI=1S/C15H20N4O/c16-15-12-3-1-2-4-13(12)17-14(18-15)9-19-7-5-11(10-20)6-8-19/h1-4,11,20H,5-10H2,(H2,16,17,18). The summed E-state index contributed by atoms with van der Waals surface area (Å²) in [7, 11) is 0. The van der Waals surface area contributed by atoms with Crippen LogP contribution in [0.3, 0.4) is 0 Å². The number of fused-ring (bicyclic) bond motifs is 1. The van der Waals surface area contributed by atoms with Crippen LogP contribution in [0.5, 0.6) is 0 Å². The number of likely N-dealkylation sites (tertiary alicyclic amines) is 1. The van der Waals surface area contributed by atoms with Crippen molar-refractivity contribution in [2.75, 3.05) is 25.4 Å². The van der Waals surface area contributed by atoms with Crippen LogP contribution in [0.15, 0.2) is 24.3 Å². The molecule has 0 amide bonds. The number of piperidine rings is 1. The molecule has 1 aromatic heterocycles. The molecule has 5 nitrogen and oxygen atoms in total. The molecule has 5 heteroatoms. The topological polar surface area (TPSA) is 75.3 Å². The maximum Gasteiger partial charge on any atom is 0.145 e. The summed E-state index contributed by atoms with van der Waals surface area (Å²) in [6, 6.07) is 7.82. The maximum absolute atomic E-state index is 9.16. The first kappa shape index (κ1) is 13.3. The van der Waals surface area contributed by atoms with Crippen LogP contribution < -0.4 is 5.73 Å². The lowest BCUT2D eigenvalue weighted by Crippen LogP contribution is -2.34. The summed E-state index contributed by atoms with van der Waals surface area (Å²) in [5, 5.41) is 10.1. The van der Waals surface area contributed by atoms with Crippen molar-refractivity contribution in [2.24, 2.45) is 5.92 Å². The molecule has 1 saturated heterocycles. The largest absolute Gasteiger partial charge is 0.396 e. The molecular formula is C15H20N4O. The molecule has 1 aliphatic rings. The number of nitrogens with two attached hydrogens (primary N) is 1. The molecule has 0 aliphatic carbocycles. The Hall–Kier alpha value is -1.72. The predicted molar refractivity (Wildman–Crippen MR) is 79.0 cm³/mol. The molecule has 3 N–H and O–H groups in total. The molecule has 1 aliphatic heterocycles. The number of nitrogens with zero attached hydrogens (tertiary/aromatic N) is 3. The Morgan fingerprint density at radius 3 is 2.70 bits per heavy atom. The minimum atomic E-state index is 0.299. The second-order valence-electron chi connectivity index (χ2n) is 5.44. The van der Waals surface area contributed by atoms with Crippen molar-refractivity contribution in [3.8, 4) is 0 Å². The first-order valence-electron chi connectivity index (χ1n) is 7.10. The van der Waals surface area contributed by atoms with Crippen molar-refractivity contribution in [3.63, 3.8) is 0 Å². The molecule has 2 aromatic rings. The monoisotopic (exact) mass is 272 g/mol. The van der Waals surface area contributed by atoms with Gasteiger partial charge in [-0.05, 0) is 44.0 Å². The van der Waals surface area contributed by atoms with E-state index >= 15 is 0 Å². The lowest BCUT2D eigenvalue weighted by Gasteiger charge is -2.30. The van der Waals surface area contributed by atoms with Crippen LogP contribution in [0.2, 0.25) is 0 Å². The summed E-state index contributed by atoms with van der Waals surface area (Å²) in [5.41, 5.74) is 6.91. The number of benzene rings is 1. The normalized spacial score (nSPS) is 17.6. The molecule has 2 heterocycles. The zero-order valence-corrected chi connectivity index (χ0v) is 11.5. The van der Waals surface area contributed by atoms with Crippen LogP contribution in [-0.4, -0.2) is 39.7 Å². The van der Waals surface area contributed by atoms with E-state index < -0.39 is 0 Å². The van der Waals surface area contributed by atoms with Gasteiger partial charge in [0.1, 0.15) is 11.6 Å². The van der Waals surface area contributed by atoms with Gasteiger partial charge in [-0.2, -0.15) is 0 Å². The second kappa shape index (κ2) is 5.73. The fourth-order valence-corrected chi connectivity index (χ4v) is 2.75. The number of nitrogen functional groups attached to an aromatic ring is 1. The number of aromatic nitrogens is 2. The average Bonchev–Trinajstić information content (AvgIpc) is 2.48. The van der Waals surface area contributed by atoms with Gasteiger partial charge in [0.2, 0.25) is 0 Å². The number of hydrogen-bond acceptors (Lipinski definition) is 5. The summed E-state index contributed by atoms with van der Waals surface area (Å²) in [6.45, 7) is 3.00. The van der Waals surface area contributed by atoms with Crippen LogP contribution in [-0.2, 0) is 6.54 Å². The summed E-state index contributed by atoms with van der Waals surface area (Å²) < 4.78 is 0. The molecule has 3 rings (SSSR count). The molecule has 0 saturated carbocycles. The molecule has 1 fully saturated rings. The van der Waals surface area contributed by atoms with Crippen LogP contribution in [0, 0.1) is 5.92 Å². The average molecular weight is 272 g/mol. The number of anilines is 1. The Morgan fingerprint density at radius 1 is 1.20 bits per heavy atom. The minimum Gasteiger partial charge on any atom is -0.396 e. The molecule has 106 valence electrons. The lowest BCUT2D eigenvalue weighted by molar-refractivity contribution is 0.125. The van der Waals surface area contributed by atoms with Gasteiger partial charge in [-0.25, -0.2) is 9.97 Å². The molecule has 0 unspecified atom stereocenters. The molecule has 1 aromatic carbocycles. The van der Waals surface area contributed by atoms with Gasteiger partial charge in [-0.3, -0.25) is 4.90 Å². The minimum absolute atomic E-state index is 0.299. The SMILES string of the molecule is Nc1nc(CN2CCC(CO)CC2)nc2ccccc12. The van der Waals surface area contributed by atoms with E-state index in [4.69, 9.17) is 10.8 Å². The van der Waals surface area contributed by atoms with Gasteiger partial charge in [-0.15, -0.1) is 0 Å². The zero-order chi connectivity index (χ0) is 13.9. The molecular weight excluding hydrogens is 252 g/mol. The van der Waals surface area contributed by atoms with Crippen molar-refractivity contribution >= 4 is 16.7 Å². The third-order valence-electron chi connectivity index (χ3n) is 4.01. The van der Waals surface area contributed by atoms with Crippen LogP contribution >= 0.6 is 0 Å². The summed E-state index contributed by atoms with van der Waals surface area (Å²) in [4.78, 5) is 11.3. The van der Waals surface area contributed by atoms with Crippen molar-refractivity contribution in [1.82, 2.24) is 14.9 Å². The van der Waals surface area contributed by atoms with E-state index in [-0.39, 0.29) is 0 Å². The van der Waals surface area contributed by atoms with Crippen LogP contribution in [0.4, 0.5) is 5.82 Å². The van der Waals surface area contributed by atoms with Gasteiger partial charge >= 0.3 is 0 Å². The number of rotatable bonds is 3. The molecule has 0 bridgehead atoms. The summed E-state index contributed by atoms with van der Waals surface area (Å²) >= 11 is 0. The van der Waals surface area contributed by atoms with E-state index in [1.165, 1.54) is 0 Å². The summed E-state index contributed by atoms with van der Waals surface area (Å²) in [6.07, 6.45) is 2.08. The van der Waals surface area contributed by atoms with Gasteiger partial charge in [-0.1, -0.05) is 12.1 Å². The van der Waals surface area contributed by atoms with Crippen molar-refractivity contribution in [1.29, 1.82) is 0 Å². The van der Waals surface area contributed by atoms with E-state index in [9.17, 15) is 0 Å². The number of aliphatic hydroxyl groups is 1. The Kier molecular flexibility index (Phi) is 3.80. The van der Waals surface area contributed by atoms with E-state index in [0.29, 0.717) is 18.3 Å². The van der Waals surface area contributed by atoms with Crippen LogP contribution in [0.1, 0.15) is 18.7 Å². The number of para-hydroxylation sites is 1. The molecule has 20 heavy (non-hydrogen) atoms. The Morgan fingerprint density at radius 2 is 1.95 bits per heavy atom.